The van der Waals surface area contributed by atoms with Crippen LogP contribution in [0.1, 0.15) is 21.5 Å². The number of alkyl halides is 2. The van der Waals surface area contributed by atoms with Crippen molar-refractivity contribution in [1.82, 2.24) is 10.2 Å². The Kier molecular flexibility index (Phi) is 6.26. The van der Waals surface area contributed by atoms with Gasteiger partial charge in [-0.3, -0.25) is 4.79 Å². The van der Waals surface area contributed by atoms with E-state index in [0.717, 1.165) is 17.7 Å². The van der Waals surface area contributed by atoms with E-state index >= 15 is 0 Å². The van der Waals surface area contributed by atoms with E-state index in [1.807, 2.05) is 43.3 Å². The number of benzene rings is 2. The molecule has 0 bridgehead atoms. The predicted molar refractivity (Wildman–Crippen MR) is 88.1 cm³/mol. The fourth-order valence-corrected chi connectivity index (χ4v) is 2.32. The lowest BCUT2D eigenvalue weighted by Crippen LogP contribution is -2.24. The topological polar surface area (TPSA) is 41.6 Å². The Morgan fingerprint density at radius 2 is 1.83 bits per heavy atom. The highest BCUT2D eigenvalue weighted by Crippen LogP contribution is 2.16. The molecule has 1 N–H and O–H groups in total. The van der Waals surface area contributed by atoms with Gasteiger partial charge >= 0.3 is 6.61 Å². The van der Waals surface area contributed by atoms with E-state index in [1.165, 1.54) is 18.2 Å². The van der Waals surface area contributed by atoms with Gasteiger partial charge in [0.2, 0.25) is 0 Å². The number of nitrogens with zero attached hydrogens (tertiary/aromatic N) is 1. The van der Waals surface area contributed by atoms with Gasteiger partial charge in [0.05, 0.1) is 0 Å². The van der Waals surface area contributed by atoms with Crippen molar-refractivity contribution in [1.29, 1.82) is 0 Å². The maximum absolute atomic E-state index is 12.2. The summed E-state index contributed by atoms with van der Waals surface area (Å²) >= 11 is 0. The van der Waals surface area contributed by atoms with Crippen LogP contribution in [0, 0.1) is 0 Å². The van der Waals surface area contributed by atoms with Crippen molar-refractivity contribution in [3.8, 4) is 5.75 Å². The zero-order chi connectivity index (χ0) is 17.5. The molecule has 4 nitrogen and oxygen atoms in total. The van der Waals surface area contributed by atoms with E-state index in [9.17, 15) is 13.6 Å². The Morgan fingerprint density at radius 1 is 1.12 bits per heavy atom. The zero-order valence-corrected chi connectivity index (χ0v) is 13.6. The maximum Gasteiger partial charge on any atom is 0.387 e. The molecule has 0 aromatic heterocycles. The number of hydrogen-bond acceptors (Lipinski definition) is 3. The van der Waals surface area contributed by atoms with Gasteiger partial charge in [-0.2, -0.15) is 8.78 Å². The summed E-state index contributed by atoms with van der Waals surface area (Å²) in [6.45, 7) is -1.78. The molecule has 2 aromatic rings. The van der Waals surface area contributed by atoms with Crippen molar-refractivity contribution in [3.05, 3.63) is 65.2 Å². The Hall–Kier alpha value is -2.47. The fraction of sp³-hybridized carbons (Fsp3) is 0.278. The van der Waals surface area contributed by atoms with Gasteiger partial charge in [-0.25, -0.2) is 0 Å². The largest absolute Gasteiger partial charge is 0.435 e. The molecular formula is C18H20F2N2O2. The van der Waals surface area contributed by atoms with Gasteiger partial charge in [0.1, 0.15) is 5.75 Å². The van der Waals surface area contributed by atoms with Crippen molar-refractivity contribution >= 4 is 5.91 Å². The maximum atomic E-state index is 12.2. The average Bonchev–Trinajstić information content (AvgIpc) is 2.53. The molecule has 2 aromatic carbocycles. The number of carbonyl (C=O) groups is 1. The standard InChI is InChI=1S/C18H20F2N2O2/c1-22(2)12-15-7-4-3-6-14(15)11-21-17(23)13-8-5-9-16(10-13)24-18(19)20/h3-10,18H,11-12H2,1-2H3,(H,21,23). The van der Waals surface area contributed by atoms with Crippen molar-refractivity contribution < 1.29 is 18.3 Å². The van der Waals surface area contributed by atoms with Crippen LogP contribution in [0.2, 0.25) is 0 Å². The molecule has 0 aliphatic heterocycles. The quantitative estimate of drug-likeness (QED) is 0.845. The van der Waals surface area contributed by atoms with Crippen molar-refractivity contribution in [2.24, 2.45) is 0 Å². The number of nitrogens with one attached hydrogen (secondary N) is 1. The molecule has 0 unspecified atom stereocenters. The van der Waals surface area contributed by atoms with E-state index in [-0.39, 0.29) is 17.2 Å². The van der Waals surface area contributed by atoms with Crippen LogP contribution >= 0.6 is 0 Å². The first-order valence-corrected chi connectivity index (χ1v) is 7.50. The van der Waals surface area contributed by atoms with Gasteiger partial charge in [0.15, 0.2) is 0 Å². The number of carbonyl (C=O) groups excluding carboxylic acids is 1. The minimum atomic E-state index is -2.92. The summed E-state index contributed by atoms with van der Waals surface area (Å²) in [5.41, 5.74) is 2.41. The van der Waals surface area contributed by atoms with Gasteiger partial charge in [-0.1, -0.05) is 30.3 Å². The van der Waals surface area contributed by atoms with E-state index in [2.05, 4.69) is 10.1 Å². The fourth-order valence-electron chi connectivity index (χ4n) is 2.32. The number of halogens is 2. The van der Waals surface area contributed by atoms with Crippen LogP contribution in [0.3, 0.4) is 0 Å². The van der Waals surface area contributed by atoms with Gasteiger partial charge < -0.3 is 15.0 Å². The number of rotatable bonds is 7. The highest BCUT2D eigenvalue weighted by atomic mass is 19.3. The summed E-state index contributed by atoms with van der Waals surface area (Å²) < 4.78 is 28.8. The van der Waals surface area contributed by atoms with Gasteiger partial charge in [-0.05, 0) is 43.4 Å². The summed E-state index contributed by atoms with van der Waals surface area (Å²) in [5, 5.41) is 2.81. The molecule has 0 atom stereocenters. The number of amides is 1. The SMILES string of the molecule is CN(C)Cc1ccccc1CNC(=O)c1cccc(OC(F)F)c1. The first-order chi connectivity index (χ1) is 11.5. The van der Waals surface area contributed by atoms with Crippen LogP contribution in [-0.2, 0) is 13.1 Å². The third-order valence-corrected chi connectivity index (χ3v) is 3.37. The normalized spacial score (nSPS) is 10.9. The van der Waals surface area contributed by atoms with Crippen molar-refractivity contribution in [3.63, 3.8) is 0 Å². The Balaban J connectivity index is 2.03. The molecule has 0 aliphatic rings. The third kappa shape index (κ3) is 5.31. The Bertz CT molecular complexity index is 690. The van der Waals surface area contributed by atoms with Gasteiger partial charge in [0.25, 0.3) is 5.91 Å². The number of hydrogen-bond donors (Lipinski definition) is 1. The molecule has 1 amide bonds. The highest BCUT2D eigenvalue weighted by Gasteiger charge is 2.10. The van der Waals surface area contributed by atoms with Crippen molar-refractivity contribution in [2.75, 3.05) is 14.1 Å². The molecular weight excluding hydrogens is 314 g/mol. The van der Waals surface area contributed by atoms with E-state index < -0.39 is 6.61 Å². The highest BCUT2D eigenvalue weighted by molar-refractivity contribution is 5.94. The van der Waals surface area contributed by atoms with Crippen LogP contribution in [0.15, 0.2) is 48.5 Å². The van der Waals surface area contributed by atoms with Crippen LogP contribution in [-0.4, -0.2) is 31.5 Å². The third-order valence-electron chi connectivity index (χ3n) is 3.37. The number of ether oxygens (including phenoxy) is 1. The summed E-state index contributed by atoms with van der Waals surface area (Å²) in [4.78, 5) is 14.3. The van der Waals surface area contributed by atoms with Crippen molar-refractivity contribution in [2.45, 2.75) is 19.7 Å². The average molecular weight is 334 g/mol. The Labute approximate surface area is 140 Å². The summed E-state index contributed by atoms with van der Waals surface area (Å²) in [5.74, 6) is -0.375. The first-order valence-electron chi connectivity index (χ1n) is 7.50. The molecule has 0 fully saturated rings. The molecule has 0 radical (unpaired) electrons. The minimum absolute atomic E-state index is 0.0364. The molecule has 6 heteroatoms. The van der Waals surface area contributed by atoms with Crippen LogP contribution in [0.25, 0.3) is 0 Å². The van der Waals surface area contributed by atoms with Crippen LogP contribution in [0.5, 0.6) is 5.75 Å². The lowest BCUT2D eigenvalue weighted by Gasteiger charge is -2.15. The molecule has 128 valence electrons. The molecule has 0 heterocycles. The van der Waals surface area contributed by atoms with Gasteiger partial charge in [0, 0.05) is 18.7 Å². The smallest absolute Gasteiger partial charge is 0.387 e. The summed E-state index contributed by atoms with van der Waals surface area (Å²) in [7, 11) is 3.95. The first kappa shape index (κ1) is 17.9. The molecule has 0 spiro atoms. The molecule has 0 saturated carbocycles. The van der Waals surface area contributed by atoms with E-state index in [4.69, 9.17) is 0 Å². The Morgan fingerprint density at radius 3 is 2.50 bits per heavy atom. The molecule has 0 aliphatic carbocycles. The van der Waals surface area contributed by atoms with Crippen LogP contribution in [0.4, 0.5) is 8.78 Å². The lowest BCUT2D eigenvalue weighted by molar-refractivity contribution is -0.0498. The molecule has 2 rings (SSSR count). The van der Waals surface area contributed by atoms with Crippen LogP contribution < -0.4 is 10.1 Å². The lowest BCUT2D eigenvalue weighted by atomic mass is 10.1. The summed E-state index contributed by atoms with van der Waals surface area (Å²) in [6, 6.07) is 13.6. The minimum Gasteiger partial charge on any atom is -0.435 e. The van der Waals surface area contributed by atoms with E-state index in [0.29, 0.717) is 6.54 Å². The monoisotopic (exact) mass is 334 g/mol. The predicted octanol–water partition coefficient (Wildman–Crippen LogP) is 3.28. The molecule has 0 saturated heterocycles. The molecule has 24 heavy (non-hydrogen) atoms. The second kappa shape index (κ2) is 8.40. The summed E-state index contributed by atoms with van der Waals surface area (Å²) in [6.07, 6.45) is 0. The second-order valence-electron chi connectivity index (χ2n) is 5.60. The zero-order valence-electron chi connectivity index (χ0n) is 13.6. The second-order valence-corrected chi connectivity index (χ2v) is 5.60. The van der Waals surface area contributed by atoms with Gasteiger partial charge in [-0.15, -0.1) is 0 Å². The van der Waals surface area contributed by atoms with E-state index in [1.54, 1.807) is 6.07 Å².